The Balaban J connectivity index is 1.41. The number of carbonyl (C=O) groups excluding carboxylic acids is 2. The monoisotopic (exact) mass is 445 g/mol. The molecular weight excluding hydrogens is 414 g/mol. The lowest BCUT2D eigenvalue weighted by Crippen LogP contribution is -2.47. The predicted octanol–water partition coefficient (Wildman–Crippen LogP) is 4.39. The van der Waals surface area contributed by atoms with Gasteiger partial charge < -0.3 is 15.1 Å². The number of aryl methyl sites for hydroxylation is 1. The van der Waals surface area contributed by atoms with Gasteiger partial charge in [0.15, 0.2) is 0 Å². The Morgan fingerprint density at radius 3 is 2.42 bits per heavy atom. The maximum Gasteiger partial charge on any atom is 0.321 e. The van der Waals surface area contributed by atoms with E-state index in [4.69, 9.17) is 5.10 Å². The Morgan fingerprint density at radius 2 is 1.73 bits per heavy atom. The number of piperidine rings is 1. The summed E-state index contributed by atoms with van der Waals surface area (Å²) in [4.78, 5) is 29.5. The van der Waals surface area contributed by atoms with Gasteiger partial charge in [0, 0.05) is 43.6 Å². The minimum absolute atomic E-state index is 0.0680. The highest BCUT2D eigenvalue weighted by atomic mass is 16.2. The van der Waals surface area contributed by atoms with E-state index in [1.54, 1.807) is 9.80 Å². The topological polar surface area (TPSA) is 70.5 Å². The van der Waals surface area contributed by atoms with Crippen molar-refractivity contribution in [3.63, 3.8) is 0 Å². The first-order valence-electron chi connectivity index (χ1n) is 11.4. The summed E-state index contributed by atoms with van der Waals surface area (Å²) in [7, 11) is 1.84. The molecule has 1 aliphatic heterocycles. The van der Waals surface area contributed by atoms with Crippen molar-refractivity contribution in [1.82, 2.24) is 19.6 Å². The minimum Gasteiger partial charge on any atom is -0.341 e. The third-order valence-electron chi connectivity index (χ3n) is 6.30. The Hall–Kier alpha value is -3.61. The molecule has 4 rings (SSSR count). The molecule has 1 aromatic heterocycles. The molecule has 2 aromatic carbocycles. The van der Waals surface area contributed by atoms with Crippen molar-refractivity contribution in [2.45, 2.75) is 33.2 Å². The standard InChI is InChI=1S/C26H31N5O2/c1-19-24(20(2)31(28-19)23-14-8-5-9-15-23)18-29(3)25(32)21-11-10-16-30(17-21)26(33)27-22-12-6-4-7-13-22/h4-9,12-15,21H,10-11,16-18H2,1-3H3,(H,27,33). The van der Waals surface area contributed by atoms with Crippen LogP contribution in [-0.4, -0.2) is 51.7 Å². The molecule has 33 heavy (non-hydrogen) atoms. The number of benzene rings is 2. The van der Waals surface area contributed by atoms with Crippen molar-refractivity contribution < 1.29 is 9.59 Å². The summed E-state index contributed by atoms with van der Waals surface area (Å²) in [6, 6.07) is 19.3. The first-order chi connectivity index (χ1) is 15.9. The number of anilines is 1. The summed E-state index contributed by atoms with van der Waals surface area (Å²) < 4.78 is 1.93. The van der Waals surface area contributed by atoms with Crippen LogP contribution in [0.25, 0.3) is 5.69 Å². The zero-order valence-corrected chi connectivity index (χ0v) is 19.5. The summed E-state index contributed by atoms with van der Waals surface area (Å²) in [6.45, 7) is 5.61. The van der Waals surface area contributed by atoms with Gasteiger partial charge in [-0.3, -0.25) is 4.79 Å². The Kier molecular flexibility index (Phi) is 6.77. The molecule has 1 aliphatic rings. The van der Waals surface area contributed by atoms with E-state index in [1.165, 1.54) is 0 Å². The zero-order valence-electron chi connectivity index (χ0n) is 19.5. The molecule has 3 aromatic rings. The Morgan fingerprint density at radius 1 is 1.06 bits per heavy atom. The van der Waals surface area contributed by atoms with Crippen LogP contribution >= 0.6 is 0 Å². The molecule has 1 atom stereocenters. The van der Waals surface area contributed by atoms with Crippen molar-refractivity contribution in [3.8, 4) is 5.69 Å². The van der Waals surface area contributed by atoms with Crippen LogP contribution in [0.15, 0.2) is 60.7 Å². The molecule has 172 valence electrons. The third kappa shape index (κ3) is 5.08. The van der Waals surface area contributed by atoms with E-state index in [-0.39, 0.29) is 17.9 Å². The number of likely N-dealkylation sites (tertiary alicyclic amines) is 1. The molecule has 7 nitrogen and oxygen atoms in total. The van der Waals surface area contributed by atoms with Crippen LogP contribution in [0.5, 0.6) is 0 Å². The Labute approximate surface area is 195 Å². The summed E-state index contributed by atoms with van der Waals surface area (Å²) in [6.07, 6.45) is 1.61. The van der Waals surface area contributed by atoms with Crippen molar-refractivity contribution in [3.05, 3.63) is 77.6 Å². The minimum atomic E-state index is -0.199. The quantitative estimate of drug-likeness (QED) is 0.633. The van der Waals surface area contributed by atoms with E-state index in [0.29, 0.717) is 19.6 Å². The highest BCUT2D eigenvalue weighted by molar-refractivity contribution is 5.90. The van der Waals surface area contributed by atoms with Crippen LogP contribution in [0.2, 0.25) is 0 Å². The second kappa shape index (κ2) is 9.90. The third-order valence-corrected chi connectivity index (χ3v) is 6.30. The van der Waals surface area contributed by atoms with Gasteiger partial charge in [-0.15, -0.1) is 0 Å². The van der Waals surface area contributed by atoms with Gasteiger partial charge in [-0.1, -0.05) is 36.4 Å². The van der Waals surface area contributed by atoms with Crippen LogP contribution in [0, 0.1) is 19.8 Å². The van der Waals surface area contributed by atoms with Crippen molar-refractivity contribution >= 4 is 17.6 Å². The lowest BCUT2D eigenvalue weighted by Gasteiger charge is -2.34. The number of para-hydroxylation sites is 2. The molecule has 1 fully saturated rings. The molecule has 0 spiro atoms. The van der Waals surface area contributed by atoms with Crippen molar-refractivity contribution in [2.24, 2.45) is 5.92 Å². The van der Waals surface area contributed by atoms with E-state index in [9.17, 15) is 9.59 Å². The van der Waals surface area contributed by atoms with Crippen molar-refractivity contribution in [1.29, 1.82) is 0 Å². The number of rotatable bonds is 5. The molecule has 3 amide bonds. The smallest absolute Gasteiger partial charge is 0.321 e. The van der Waals surface area contributed by atoms with E-state index in [1.807, 2.05) is 86.2 Å². The van der Waals surface area contributed by atoms with E-state index < -0.39 is 0 Å². The number of hydrogen-bond donors (Lipinski definition) is 1. The first kappa shape index (κ1) is 22.6. The lowest BCUT2D eigenvalue weighted by atomic mass is 9.96. The van der Waals surface area contributed by atoms with Gasteiger partial charge in [0.25, 0.3) is 0 Å². The SMILES string of the molecule is Cc1nn(-c2ccccc2)c(C)c1CN(C)C(=O)C1CCCN(C(=O)Nc2ccccc2)C1. The van der Waals surface area contributed by atoms with Gasteiger partial charge in [0.05, 0.1) is 17.3 Å². The fourth-order valence-electron chi connectivity index (χ4n) is 4.44. The number of nitrogens with one attached hydrogen (secondary N) is 1. The fourth-order valence-corrected chi connectivity index (χ4v) is 4.44. The lowest BCUT2D eigenvalue weighted by molar-refractivity contribution is -0.136. The average molecular weight is 446 g/mol. The second-order valence-corrected chi connectivity index (χ2v) is 8.67. The average Bonchev–Trinajstić information content (AvgIpc) is 3.13. The van der Waals surface area contributed by atoms with Gasteiger partial charge >= 0.3 is 6.03 Å². The van der Waals surface area contributed by atoms with Gasteiger partial charge in [0.2, 0.25) is 5.91 Å². The zero-order chi connectivity index (χ0) is 23.4. The van der Waals surface area contributed by atoms with Crippen molar-refractivity contribution in [2.75, 3.05) is 25.5 Å². The molecule has 7 heteroatoms. The van der Waals surface area contributed by atoms with Crippen LogP contribution in [0.1, 0.15) is 29.8 Å². The maximum atomic E-state index is 13.3. The Bertz CT molecular complexity index is 1110. The van der Waals surface area contributed by atoms with Crippen LogP contribution in [-0.2, 0) is 11.3 Å². The maximum absolute atomic E-state index is 13.3. The number of carbonyl (C=O) groups is 2. The van der Waals surface area contributed by atoms with Crippen LogP contribution < -0.4 is 5.32 Å². The highest BCUT2D eigenvalue weighted by Gasteiger charge is 2.31. The normalized spacial score (nSPS) is 15.8. The molecule has 2 heterocycles. The molecule has 1 N–H and O–H groups in total. The van der Waals surface area contributed by atoms with E-state index >= 15 is 0 Å². The van der Waals surface area contributed by atoms with Crippen LogP contribution in [0.4, 0.5) is 10.5 Å². The molecule has 0 aliphatic carbocycles. The molecule has 0 saturated carbocycles. The molecule has 0 radical (unpaired) electrons. The molecular formula is C26H31N5O2. The highest BCUT2D eigenvalue weighted by Crippen LogP contribution is 2.23. The van der Waals surface area contributed by atoms with Crippen LogP contribution in [0.3, 0.4) is 0 Å². The van der Waals surface area contributed by atoms with Gasteiger partial charge in [0.1, 0.15) is 0 Å². The summed E-state index contributed by atoms with van der Waals surface area (Å²) in [5.74, 6) is -0.131. The molecule has 0 bridgehead atoms. The largest absolute Gasteiger partial charge is 0.341 e. The molecule has 1 saturated heterocycles. The number of aromatic nitrogens is 2. The van der Waals surface area contributed by atoms with E-state index in [2.05, 4.69) is 5.32 Å². The predicted molar refractivity (Wildman–Crippen MR) is 129 cm³/mol. The van der Waals surface area contributed by atoms with Gasteiger partial charge in [-0.2, -0.15) is 5.10 Å². The number of nitrogens with zero attached hydrogens (tertiary/aromatic N) is 4. The fraction of sp³-hybridized carbons (Fsp3) is 0.346. The number of amides is 3. The van der Waals surface area contributed by atoms with Gasteiger partial charge in [-0.05, 0) is 51.0 Å². The summed E-state index contributed by atoms with van der Waals surface area (Å²) in [5.41, 5.74) is 4.78. The second-order valence-electron chi connectivity index (χ2n) is 8.67. The van der Waals surface area contributed by atoms with E-state index in [0.717, 1.165) is 41.2 Å². The number of urea groups is 1. The summed E-state index contributed by atoms with van der Waals surface area (Å²) in [5, 5.41) is 7.62. The van der Waals surface area contributed by atoms with Gasteiger partial charge in [-0.25, -0.2) is 9.48 Å². The summed E-state index contributed by atoms with van der Waals surface area (Å²) >= 11 is 0. The first-order valence-corrected chi connectivity index (χ1v) is 11.4. The number of hydrogen-bond acceptors (Lipinski definition) is 3. The molecule has 1 unspecified atom stereocenters.